The molecular weight excluding hydrogens is 202 g/mol. The number of carbonyl (C=O) groups is 2. The SMILES string of the molecule is CC(C)(C)N(CCN(O)C(N)=O)C(=O)O. The average molecular weight is 219 g/mol. The molecule has 7 nitrogen and oxygen atoms in total. The Bertz CT molecular complexity index is 249. The number of hydroxylamine groups is 2. The molecule has 0 aromatic carbocycles. The van der Waals surface area contributed by atoms with Crippen molar-refractivity contribution in [3.8, 4) is 0 Å². The van der Waals surface area contributed by atoms with Crippen molar-refractivity contribution in [1.82, 2.24) is 9.96 Å². The Morgan fingerprint density at radius 1 is 1.27 bits per heavy atom. The number of urea groups is 1. The Kier molecular flexibility index (Phi) is 4.35. The molecule has 0 aliphatic carbocycles. The largest absolute Gasteiger partial charge is 0.465 e. The fourth-order valence-corrected chi connectivity index (χ4v) is 1.02. The van der Waals surface area contributed by atoms with Crippen LogP contribution in [0.1, 0.15) is 20.8 Å². The maximum absolute atomic E-state index is 10.8. The summed E-state index contributed by atoms with van der Waals surface area (Å²) in [6, 6.07) is -1.01. The molecule has 0 aliphatic heterocycles. The highest BCUT2D eigenvalue weighted by molar-refractivity contribution is 5.70. The van der Waals surface area contributed by atoms with E-state index in [9.17, 15) is 9.59 Å². The van der Waals surface area contributed by atoms with Crippen molar-refractivity contribution < 1.29 is 19.9 Å². The number of primary amides is 1. The van der Waals surface area contributed by atoms with Crippen molar-refractivity contribution in [2.45, 2.75) is 26.3 Å². The van der Waals surface area contributed by atoms with Crippen LogP contribution in [0.15, 0.2) is 0 Å². The second kappa shape index (κ2) is 4.83. The standard InChI is InChI=1S/C8H17N3O4/c1-8(2,3)10(7(13)14)4-5-11(15)6(9)12/h15H,4-5H2,1-3H3,(H2,9,12)(H,13,14). The minimum Gasteiger partial charge on any atom is -0.465 e. The summed E-state index contributed by atoms with van der Waals surface area (Å²) in [6.45, 7) is 4.99. The van der Waals surface area contributed by atoms with Crippen molar-refractivity contribution in [1.29, 1.82) is 0 Å². The molecule has 0 bridgehead atoms. The van der Waals surface area contributed by atoms with Gasteiger partial charge in [-0.3, -0.25) is 5.21 Å². The first-order chi connectivity index (χ1) is 6.66. The molecule has 0 unspecified atom stereocenters. The summed E-state index contributed by atoms with van der Waals surface area (Å²) >= 11 is 0. The van der Waals surface area contributed by atoms with Crippen LogP contribution in [0.3, 0.4) is 0 Å². The summed E-state index contributed by atoms with van der Waals surface area (Å²) in [5, 5.41) is 18.1. The average Bonchev–Trinajstić information content (AvgIpc) is 2.00. The van der Waals surface area contributed by atoms with E-state index in [0.29, 0.717) is 0 Å². The van der Waals surface area contributed by atoms with Crippen LogP contribution in [0.2, 0.25) is 0 Å². The summed E-state index contributed by atoms with van der Waals surface area (Å²) in [6.07, 6.45) is -1.11. The maximum atomic E-state index is 10.8. The quantitative estimate of drug-likeness (QED) is 0.475. The van der Waals surface area contributed by atoms with E-state index in [-0.39, 0.29) is 18.2 Å². The molecule has 0 radical (unpaired) electrons. The molecule has 0 spiro atoms. The van der Waals surface area contributed by atoms with Gasteiger partial charge >= 0.3 is 12.1 Å². The zero-order valence-electron chi connectivity index (χ0n) is 9.10. The maximum Gasteiger partial charge on any atom is 0.407 e. The predicted molar refractivity (Wildman–Crippen MR) is 52.6 cm³/mol. The molecular formula is C8H17N3O4. The van der Waals surface area contributed by atoms with Crippen LogP contribution >= 0.6 is 0 Å². The predicted octanol–water partition coefficient (Wildman–Crippen LogP) is 0.535. The number of nitrogens with two attached hydrogens (primary N) is 1. The van der Waals surface area contributed by atoms with Crippen LogP contribution in [0.25, 0.3) is 0 Å². The van der Waals surface area contributed by atoms with Gasteiger partial charge in [-0.15, -0.1) is 0 Å². The van der Waals surface area contributed by atoms with Crippen LogP contribution in [0, 0.1) is 0 Å². The van der Waals surface area contributed by atoms with Crippen molar-refractivity contribution in [3.63, 3.8) is 0 Å². The van der Waals surface area contributed by atoms with Crippen LogP contribution in [0.4, 0.5) is 9.59 Å². The molecule has 0 saturated heterocycles. The molecule has 0 heterocycles. The molecule has 0 rings (SSSR count). The second-order valence-electron chi connectivity index (χ2n) is 4.07. The number of hydrogen-bond acceptors (Lipinski definition) is 3. The van der Waals surface area contributed by atoms with E-state index in [4.69, 9.17) is 16.0 Å². The molecule has 3 amide bonds. The Morgan fingerprint density at radius 3 is 2.00 bits per heavy atom. The van der Waals surface area contributed by atoms with E-state index < -0.39 is 17.7 Å². The van der Waals surface area contributed by atoms with E-state index in [0.717, 1.165) is 4.90 Å². The van der Waals surface area contributed by atoms with Crippen LogP contribution in [-0.4, -0.2) is 51.0 Å². The third-order valence-corrected chi connectivity index (χ3v) is 1.83. The summed E-state index contributed by atoms with van der Waals surface area (Å²) < 4.78 is 0. The highest BCUT2D eigenvalue weighted by Crippen LogP contribution is 2.12. The van der Waals surface area contributed by atoms with Gasteiger partial charge in [-0.05, 0) is 20.8 Å². The second-order valence-corrected chi connectivity index (χ2v) is 4.07. The minimum atomic E-state index is -1.11. The summed E-state index contributed by atoms with van der Waals surface area (Å²) in [5.41, 5.74) is 4.19. The zero-order valence-corrected chi connectivity index (χ0v) is 9.10. The topological polar surface area (TPSA) is 107 Å². The number of carboxylic acid groups (broad SMARTS) is 1. The lowest BCUT2D eigenvalue weighted by atomic mass is 10.1. The Labute approximate surface area is 88.0 Å². The third kappa shape index (κ3) is 4.50. The van der Waals surface area contributed by atoms with Gasteiger partial charge in [-0.25, -0.2) is 14.7 Å². The number of carbonyl (C=O) groups excluding carboxylic acids is 1. The zero-order chi connectivity index (χ0) is 12.2. The number of rotatable bonds is 3. The molecule has 4 N–H and O–H groups in total. The molecule has 0 atom stereocenters. The van der Waals surface area contributed by atoms with Gasteiger partial charge in [0, 0.05) is 12.1 Å². The third-order valence-electron chi connectivity index (χ3n) is 1.83. The van der Waals surface area contributed by atoms with Crippen molar-refractivity contribution in [2.75, 3.05) is 13.1 Å². The normalized spacial score (nSPS) is 10.9. The fourth-order valence-electron chi connectivity index (χ4n) is 1.02. The van der Waals surface area contributed by atoms with Gasteiger partial charge in [-0.1, -0.05) is 0 Å². The monoisotopic (exact) mass is 219 g/mol. The Morgan fingerprint density at radius 2 is 1.73 bits per heavy atom. The molecule has 0 aliphatic rings. The van der Waals surface area contributed by atoms with Gasteiger partial charge in [0.25, 0.3) is 0 Å². The van der Waals surface area contributed by atoms with Crippen molar-refractivity contribution >= 4 is 12.1 Å². The van der Waals surface area contributed by atoms with Gasteiger partial charge in [0.15, 0.2) is 0 Å². The van der Waals surface area contributed by atoms with Crippen molar-refractivity contribution in [3.05, 3.63) is 0 Å². The van der Waals surface area contributed by atoms with E-state index in [1.807, 2.05) is 0 Å². The molecule has 15 heavy (non-hydrogen) atoms. The molecule has 0 fully saturated rings. The van der Waals surface area contributed by atoms with E-state index in [2.05, 4.69) is 0 Å². The van der Waals surface area contributed by atoms with E-state index in [1.165, 1.54) is 0 Å². The van der Waals surface area contributed by atoms with Gasteiger partial charge < -0.3 is 15.7 Å². The molecule has 7 heteroatoms. The number of amides is 3. The van der Waals surface area contributed by atoms with Gasteiger partial charge in [0.2, 0.25) is 0 Å². The Balaban J connectivity index is 4.33. The Hall–Kier alpha value is -1.50. The lowest BCUT2D eigenvalue weighted by Crippen LogP contribution is -2.49. The van der Waals surface area contributed by atoms with Gasteiger partial charge in [-0.2, -0.15) is 0 Å². The highest BCUT2D eigenvalue weighted by atomic mass is 16.5. The minimum absolute atomic E-state index is 0.00171. The van der Waals surface area contributed by atoms with Crippen LogP contribution in [0.5, 0.6) is 0 Å². The lowest BCUT2D eigenvalue weighted by molar-refractivity contribution is -0.0474. The smallest absolute Gasteiger partial charge is 0.407 e. The summed E-state index contributed by atoms with van der Waals surface area (Å²) in [7, 11) is 0. The van der Waals surface area contributed by atoms with E-state index in [1.54, 1.807) is 20.8 Å². The van der Waals surface area contributed by atoms with Gasteiger partial charge in [0.05, 0.1) is 6.54 Å². The summed E-state index contributed by atoms with van der Waals surface area (Å²) in [5.74, 6) is 0. The van der Waals surface area contributed by atoms with E-state index >= 15 is 0 Å². The van der Waals surface area contributed by atoms with Crippen LogP contribution < -0.4 is 5.73 Å². The molecule has 0 saturated carbocycles. The summed E-state index contributed by atoms with van der Waals surface area (Å²) in [4.78, 5) is 22.4. The first kappa shape index (κ1) is 13.5. The number of hydrogen-bond donors (Lipinski definition) is 3. The first-order valence-corrected chi connectivity index (χ1v) is 4.42. The fraction of sp³-hybridized carbons (Fsp3) is 0.750. The highest BCUT2D eigenvalue weighted by Gasteiger charge is 2.26. The number of nitrogens with zero attached hydrogens (tertiary/aromatic N) is 2. The van der Waals surface area contributed by atoms with Crippen LogP contribution in [-0.2, 0) is 0 Å². The molecule has 0 aromatic heterocycles. The molecule has 88 valence electrons. The first-order valence-electron chi connectivity index (χ1n) is 4.42. The lowest BCUT2D eigenvalue weighted by Gasteiger charge is -2.33. The molecule has 0 aromatic rings. The van der Waals surface area contributed by atoms with Crippen molar-refractivity contribution in [2.24, 2.45) is 5.73 Å². The van der Waals surface area contributed by atoms with Gasteiger partial charge in [0.1, 0.15) is 0 Å².